The van der Waals surface area contributed by atoms with Crippen molar-refractivity contribution in [2.75, 3.05) is 11.5 Å². The maximum absolute atomic E-state index is 14.1. The molecule has 2 aromatic rings. The highest BCUT2D eigenvalue weighted by Crippen LogP contribution is 2.40. The summed E-state index contributed by atoms with van der Waals surface area (Å²) >= 11 is 6.17. The number of hydrogen-bond donors (Lipinski definition) is 1. The van der Waals surface area contributed by atoms with E-state index in [9.17, 15) is 22.2 Å². The molecule has 2 rings (SSSR count). The molecule has 0 aliphatic heterocycles. The van der Waals surface area contributed by atoms with Gasteiger partial charge in [0.25, 0.3) is 0 Å². The van der Waals surface area contributed by atoms with Crippen LogP contribution in [0, 0.1) is 0 Å². The van der Waals surface area contributed by atoms with Crippen molar-refractivity contribution in [1.82, 2.24) is 19.5 Å². The number of alkyl halides is 3. The molecular weight excluding hydrogens is 405 g/mol. The number of hydrogen-bond acceptors (Lipinski definition) is 4. The van der Waals surface area contributed by atoms with Crippen molar-refractivity contribution in [1.29, 1.82) is 0 Å². The summed E-state index contributed by atoms with van der Waals surface area (Å²) in [7, 11) is -4.49. The molecule has 2 heterocycles. The van der Waals surface area contributed by atoms with Gasteiger partial charge in [0.1, 0.15) is 0 Å². The van der Waals surface area contributed by atoms with E-state index in [1.165, 1.54) is 30.9 Å². The molecule has 1 amide bonds. The molecule has 0 unspecified atom stereocenters. The lowest BCUT2D eigenvalue weighted by atomic mass is 10.4. The van der Waals surface area contributed by atoms with Crippen LogP contribution in [0.3, 0.4) is 0 Å². The Kier molecular flexibility index (Phi) is 6.00. The third-order valence-electron chi connectivity index (χ3n) is 4.16. The van der Waals surface area contributed by atoms with Crippen LogP contribution < -0.4 is 4.72 Å². The molecule has 0 radical (unpaired) electrons. The summed E-state index contributed by atoms with van der Waals surface area (Å²) in [6, 6.07) is 3.30. The predicted octanol–water partition coefficient (Wildman–Crippen LogP) is 3.51. The smallest absolute Gasteiger partial charge is 0.291 e. The number of nitrogens with zero attached hydrogens (tertiary/aromatic N) is 3. The monoisotopic (exact) mass is 424 g/mol. The first kappa shape index (κ1) is 21.4. The van der Waals surface area contributed by atoms with E-state index in [4.69, 9.17) is 11.6 Å². The Morgan fingerprint density at radius 2 is 2.07 bits per heavy atom. The van der Waals surface area contributed by atoms with Crippen LogP contribution in [0.25, 0.3) is 5.69 Å². The number of pyridine rings is 1. The average molecular weight is 425 g/mol. The molecule has 0 atom stereocenters. The van der Waals surface area contributed by atoms with Gasteiger partial charge >= 0.3 is 6.18 Å². The minimum Gasteiger partial charge on any atom is -0.291 e. The minimum atomic E-state index is -4.54. The van der Waals surface area contributed by atoms with Crippen LogP contribution in [0.5, 0.6) is 0 Å². The number of rotatable bonds is 7. The summed E-state index contributed by atoms with van der Waals surface area (Å²) in [4.78, 5) is 15.9. The fourth-order valence-corrected chi connectivity index (χ4v) is 6.49. The van der Waals surface area contributed by atoms with Gasteiger partial charge in [-0.1, -0.05) is 25.4 Å². The van der Waals surface area contributed by atoms with Gasteiger partial charge in [-0.2, -0.15) is 18.3 Å². The zero-order chi connectivity index (χ0) is 20.3. The Balaban J connectivity index is 2.61. The number of aromatic nitrogens is 3. The highest BCUT2D eigenvalue weighted by Gasteiger charge is 2.45. The summed E-state index contributed by atoms with van der Waals surface area (Å²) in [5.41, 5.74) is 0.487. The van der Waals surface area contributed by atoms with Gasteiger partial charge in [-0.05, 0) is 21.4 Å². The van der Waals surface area contributed by atoms with Gasteiger partial charge in [-0.3, -0.25) is 18.7 Å². The number of carbonyl (C=O) groups excluding carboxylic acids is 1. The molecule has 0 bridgehead atoms. The average Bonchev–Trinajstić information content (AvgIpc) is 3.03. The van der Waals surface area contributed by atoms with Crippen molar-refractivity contribution in [3.05, 3.63) is 35.9 Å². The van der Waals surface area contributed by atoms with E-state index in [2.05, 4.69) is 14.8 Å². The normalized spacial score (nSPS) is 13.8. The van der Waals surface area contributed by atoms with E-state index in [1.54, 1.807) is 18.3 Å². The molecule has 11 heteroatoms. The minimum absolute atomic E-state index is 0.0328. The van der Waals surface area contributed by atoms with E-state index in [-0.39, 0.29) is 22.2 Å². The quantitative estimate of drug-likeness (QED) is 0.737. The first-order chi connectivity index (χ1) is 12.5. The Morgan fingerprint density at radius 3 is 2.59 bits per heavy atom. The number of nitrogens with one attached hydrogen (secondary N) is 1. The second kappa shape index (κ2) is 7.59. The Hall–Kier alpha value is -1.94. The fourth-order valence-electron chi connectivity index (χ4n) is 2.53. The molecule has 2 aromatic heterocycles. The second-order valence-electron chi connectivity index (χ2n) is 5.96. The van der Waals surface area contributed by atoms with Gasteiger partial charge in [0.15, 0.2) is 5.15 Å². The van der Waals surface area contributed by atoms with Crippen LogP contribution in [0.4, 0.5) is 13.2 Å². The van der Waals surface area contributed by atoms with Gasteiger partial charge < -0.3 is 0 Å². The highest BCUT2D eigenvalue weighted by molar-refractivity contribution is 8.18. The van der Waals surface area contributed by atoms with E-state index < -0.39 is 33.5 Å². The zero-order valence-electron chi connectivity index (χ0n) is 14.8. The molecule has 150 valence electrons. The summed E-state index contributed by atoms with van der Waals surface area (Å²) in [6.07, 6.45) is -1.60. The maximum atomic E-state index is 14.1. The Bertz CT molecular complexity index is 886. The fraction of sp³-hybridized carbons (Fsp3) is 0.438. The van der Waals surface area contributed by atoms with E-state index in [0.717, 1.165) is 0 Å². The van der Waals surface area contributed by atoms with Crippen molar-refractivity contribution in [2.24, 2.45) is 0 Å². The Morgan fingerprint density at radius 1 is 1.37 bits per heavy atom. The van der Waals surface area contributed by atoms with E-state index >= 15 is 0 Å². The standard InChI is InChI=1S/C16H20ClF3N4O2S/c1-3-14(25)23-27(26,4-2,9-7-16(18,19)20)13-11-24(22-15(13)17)12-6-5-8-21-10-12/h5-6,8,10-11H,3-4,7,9H2,1-2H3,(H,23,25,26). The molecular formula is C16H20ClF3N4O2S. The maximum Gasteiger partial charge on any atom is 0.390 e. The predicted molar refractivity (Wildman–Crippen MR) is 97.3 cm³/mol. The van der Waals surface area contributed by atoms with Gasteiger partial charge in [-0.15, -0.1) is 0 Å². The van der Waals surface area contributed by atoms with Crippen LogP contribution in [0.15, 0.2) is 35.6 Å². The summed E-state index contributed by atoms with van der Waals surface area (Å²) in [5, 5.41) is 3.83. The van der Waals surface area contributed by atoms with Crippen LogP contribution in [0.2, 0.25) is 5.15 Å². The van der Waals surface area contributed by atoms with Crippen LogP contribution >= 0.6 is 11.6 Å². The van der Waals surface area contributed by atoms with E-state index in [0.29, 0.717) is 5.69 Å². The lowest BCUT2D eigenvalue weighted by Gasteiger charge is -2.42. The Labute approximate surface area is 159 Å². The van der Waals surface area contributed by atoms with Gasteiger partial charge in [0, 0.05) is 30.3 Å². The van der Waals surface area contributed by atoms with Crippen LogP contribution in [-0.2, 0) is 14.0 Å². The van der Waals surface area contributed by atoms with Gasteiger partial charge in [0.2, 0.25) is 5.91 Å². The van der Waals surface area contributed by atoms with Crippen LogP contribution in [0.1, 0.15) is 26.7 Å². The molecule has 0 saturated carbocycles. The molecule has 0 aliphatic carbocycles. The van der Waals surface area contributed by atoms with Crippen molar-refractivity contribution in [3.63, 3.8) is 0 Å². The zero-order valence-corrected chi connectivity index (χ0v) is 16.4. The summed E-state index contributed by atoms with van der Waals surface area (Å²) < 4.78 is 56.4. The number of carbonyl (C=O) groups is 1. The molecule has 0 spiro atoms. The van der Waals surface area contributed by atoms with Gasteiger partial charge in [0.05, 0.1) is 23.2 Å². The SMILES string of the molecule is CCC(=O)NS(=O)(CC)(CCC(F)(F)F)c1cn(-c2cccnc2)nc1Cl. The molecule has 6 nitrogen and oxygen atoms in total. The molecule has 1 N–H and O–H groups in total. The summed E-state index contributed by atoms with van der Waals surface area (Å²) in [6.45, 7) is 2.98. The number of amides is 1. The van der Waals surface area contributed by atoms with Crippen molar-refractivity contribution < 1.29 is 22.2 Å². The highest BCUT2D eigenvalue weighted by atomic mass is 35.5. The van der Waals surface area contributed by atoms with Crippen molar-refractivity contribution in [2.45, 2.75) is 37.8 Å². The largest absolute Gasteiger partial charge is 0.390 e. The third-order valence-corrected chi connectivity index (χ3v) is 8.86. The third kappa shape index (κ3) is 4.67. The number of halogens is 4. The topological polar surface area (TPSA) is 76.9 Å². The van der Waals surface area contributed by atoms with Crippen molar-refractivity contribution in [3.8, 4) is 5.69 Å². The lowest BCUT2D eigenvalue weighted by molar-refractivity contribution is -0.130. The lowest BCUT2D eigenvalue weighted by Crippen LogP contribution is -2.55. The first-order valence-corrected chi connectivity index (χ1v) is 10.9. The van der Waals surface area contributed by atoms with Crippen molar-refractivity contribution >= 4 is 26.8 Å². The second-order valence-corrected chi connectivity index (χ2v) is 10.5. The summed E-state index contributed by atoms with van der Waals surface area (Å²) in [5.74, 6) is -1.67. The van der Waals surface area contributed by atoms with E-state index in [1.807, 2.05) is 0 Å². The molecule has 0 aliphatic rings. The molecule has 0 saturated heterocycles. The first-order valence-electron chi connectivity index (χ1n) is 8.19. The molecule has 27 heavy (non-hydrogen) atoms. The molecule has 0 aromatic carbocycles. The molecule has 0 fully saturated rings. The van der Waals surface area contributed by atoms with Gasteiger partial charge in [-0.25, -0.2) is 4.68 Å². The van der Waals surface area contributed by atoms with Crippen LogP contribution in [-0.4, -0.2) is 42.6 Å².